The van der Waals surface area contributed by atoms with Gasteiger partial charge in [-0.3, -0.25) is 9.69 Å². The molecule has 1 saturated heterocycles. The van der Waals surface area contributed by atoms with Crippen LogP contribution in [0.25, 0.3) is 0 Å². The molecule has 32 heavy (non-hydrogen) atoms. The van der Waals surface area contributed by atoms with Crippen LogP contribution in [0.1, 0.15) is 12.0 Å². The fraction of sp³-hybridized carbons (Fsp3) is 0.417. The lowest BCUT2D eigenvalue weighted by Gasteiger charge is -2.26. The second-order valence-corrected chi connectivity index (χ2v) is 7.67. The van der Waals surface area contributed by atoms with E-state index < -0.39 is 12.1 Å². The van der Waals surface area contributed by atoms with Crippen molar-refractivity contribution in [3.05, 3.63) is 60.2 Å². The highest BCUT2D eigenvalue weighted by Crippen LogP contribution is 2.16. The molecule has 3 rings (SSSR count). The van der Waals surface area contributed by atoms with Crippen molar-refractivity contribution < 1.29 is 19.1 Å². The number of nitrogens with one attached hydrogen (secondary N) is 3. The van der Waals surface area contributed by atoms with Crippen LogP contribution in [0, 0.1) is 0 Å². The fourth-order valence-electron chi connectivity index (χ4n) is 3.55. The van der Waals surface area contributed by atoms with Crippen molar-refractivity contribution in [2.75, 3.05) is 51.8 Å². The Balaban J connectivity index is 1.54. The van der Waals surface area contributed by atoms with Gasteiger partial charge in [-0.15, -0.1) is 0 Å². The van der Waals surface area contributed by atoms with E-state index in [-0.39, 0.29) is 5.91 Å². The van der Waals surface area contributed by atoms with E-state index in [1.54, 1.807) is 31.4 Å². The number of morpholine rings is 1. The number of carbonyl (C=O) groups is 2. The molecule has 2 aromatic carbocycles. The van der Waals surface area contributed by atoms with E-state index in [0.717, 1.165) is 44.8 Å². The van der Waals surface area contributed by atoms with Crippen molar-refractivity contribution in [2.45, 2.75) is 18.9 Å². The third-order valence-electron chi connectivity index (χ3n) is 5.29. The van der Waals surface area contributed by atoms with Crippen LogP contribution in [0.4, 0.5) is 10.5 Å². The summed E-state index contributed by atoms with van der Waals surface area (Å²) in [6.07, 6.45) is 1.25. The summed E-state index contributed by atoms with van der Waals surface area (Å²) in [4.78, 5) is 27.8. The topological polar surface area (TPSA) is 91.9 Å². The minimum Gasteiger partial charge on any atom is -0.497 e. The Kier molecular flexibility index (Phi) is 9.34. The van der Waals surface area contributed by atoms with Gasteiger partial charge in [0.15, 0.2) is 0 Å². The van der Waals surface area contributed by atoms with Crippen LogP contribution in [0.15, 0.2) is 54.6 Å². The molecule has 0 bridgehead atoms. The second kappa shape index (κ2) is 12.7. The number of ether oxygens (including phenoxy) is 2. The lowest BCUT2D eigenvalue weighted by atomic mass is 10.1. The van der Waals surface area contributed by atoms with Gasteiger partial charge < -0.3 is 25.4 Å². The van der Waals surface area contributed by atoms with Crippen molar-refractivity contribution in [1.29, 1.82) is 0 Å². The average molecular weight is 441 g/mol. The molecule has 2 aromatic rings. The molecule has 172 valence electrons. The molecule has 1 heterocycles. The molecule has 0 spiro atoms. The van der Waals surface area contributed by atoms with Crippen molar-refractivity contribution in [3.63, 3.8) is 0 Å². The predicted octanol–water partition coefficient (Wildman–Crippen LogP) is 2.27. The minimum atomic E-state index is -0.689. The van der Waals surface area contributed by atoms with Gasteiger partial charge in [0.1, 0.15) is 11.8 Å². The number of anilines is 1. The van der Waals surface area contributed by atoms with E-state index in [1.807, 2.05) is 30.3 Å². The minimum absolute atomic E-state index is 0.198. The monoisotopic (exact) mass is 440 g/mol. The molecule has 0 aliphatic carbocycles. The summed E-state index contributed by atoms with van der Waals surface area (Å²) in [5.41, 5.74) is 1.56. The highest BCUT2D eigenvalue weighted by molar-refractivity contribution is 5.94. The van der Waals surface area contributed by atoms with Gasteiger partial charge in [-0.05, 0) is 30.7 Å². The SMILES string of the molecule is COc1cccc(NC(=O)NC(Cc2ccccc2)C(=O)NCCCN2CCOCC2)c1. The molecule has 0 radical (unpaired) electrons. The third kappa shape index (κ3) is 7.86. The molecule has 3 amide bonds. The van der Waals surface area contributed by atoms with Gasteiger partial charge in [0, 0.05) is 37.8 Å². The summed E-state index contributed by atoms with van der Waals surface area (Å²) in [7, 11) is 1.57. The first kappa shape index (κ1) is 23.6. The average Bonchev–Trinajstić information content (AvgIpc) is 2.82. The quantitative estimate of drug-likeness (QED) is 0.493. The maximum atomic E-state index is 12.9. The Morgan fingerprint density at radius 3 is 2.62 bits per heavy atom. The van der Waals surface area contributed by atoms with Crippen LogP contribution < -0.4 is 20.7 Å². The van der Waals surface area contributed by atoms with Crippen molar-refractivity contribution in [3.8, 4) is 5.75 Å². The van der Waals surface area contributed by atoms with Gasteiger partial charge in [-0.2, -0.15) is 0 Å². The molecule has 8 nitrogen and oxygen atoms in total. The largest absolute Gasteiger partial charge is 0.497 e. The number of rotatable bonds is 10. The Hall–Kier alpha value is -3.10. The third-order valence-corrected chi connectivity index (χ3v) is 5.29. The second-order valence-electron chi connectivity index (χ2n) is 7.67. The number of benzene rings is 2. The van der Waals surface area contributed by atoms with E-state index in [0.29, 0.717) is 24.4 Å². The number of hydrogen-bond donors (Lipinski definition) is 3. The fourth-order valence-corrected chi connectivity index (χ4v) is 3.55. The molecular formula is C24H32N4O4. The molecule has 1 fully saturated rings. The number of nitrogens with zero attached hydrogens (tertiary/aromatic N) is 1. The van der Waals surface area contributed by atoms with Crippen LogP contribution in [0.3, 0.4) is 0 Å². The van der Waals surface area contributed by atoms with Crippen LogP contribution in [0.5, 0.6) is 5.75 Å². The van der Waals surface area contributed by atoms with E-state index in [9.17, 15) is 9.59 Å². The molecule has 0 saturated carbocycles. The van der Waals surface area contributed by atoms with Gasteiger partial charge in [-0.25, -0.2) is 4.79 Å². The summed E-state index contributed by atoms with van der Waals surface area (Å²) in [5.74, 6) is 0.443. The number of carbonyl (C=O) groups excluding carboxylic acids is 2. The molecule has 3 N–H and O–H groups in total. The first-order valence-electron chi connectivity index (χ1n) is 11.0. The van der Waals surface area contributed by atoms with Crippen molar-refractivity contribution >= 4 is 17.6 Å². The zero-order chi connectivity index (χ0) is 22.6. The summed E-state index contributed by atoms with van der Waals surface area (Å²) >= 11 is 0. The maximum absolute atomic E-state index is 12.9. The standard InChI is InChI=1S/C24H32N4O4/c1-31-21-10-5-9-20(18-21)26-24(30)27-22(17-19-7-3-2-4-8-19)23(29)25-11-6-12-28-13-15-32-16-14-28/h2-5,7-10,18,22H,6,11-17H2,1H3,(H,25,29)(H2,26,27,30). The first-order valence-corrected chi connectivity index (χ1v) is 11.0. The first-order chi connectivity index (χ1) is 15.6. The molecule has 8 heteroatoms. The van der Waals surface area contributed by atoms with E-state index in [2.05, 4.69) is 20.9 Å². The number of amides is 3. The van der Waals surface area contributed by atoms with Gasteiger partial charge in [-0.1, -0.05) is 36.4 Å². The lowest BCUT2D eigenvalue weighted by molar-refractivity contribution is -0.122. The molecule has 0 aromatic heterocycles. The lowest BCUT2D eigenvalue weighted by Crippen LogP contribution is -2.49. The zero-order valence-corrected chi connectivity index (χ0v) is 18.5. The van der Waals surface area contributed by atoms with E-state index >= 15 is 0 Å². The zero-order valence-electron chi connectivity index (χ0n) is 18.5. The summed E-state index contributed by atoms with van der Waals surface area (Å²) in [6, 6.07) is 15.6. The molecule has 1 aliphatic heterocycles. The number of hydrogen-bond acceptors (Lipinski definition) is 5. The summed E-state index contributed by atoms with van der Waals surface area (Å²) in [5, 5.41) is 8.55. The molecule has 1 unspecified atom stereocenters. The van der Waals surface area contributed by atoms with Crippen LogP contribution in [-0.4, -0.2) is 69.4 Å². The smallest absolute Gasteiger partial charge is 0.319 e. The maximum Gasteiger partial charge on any atom is 0.319 e. The van der Waals surface area contributed by atoms with E-state index in [1.165, 1.54) is 0 Å². The molecular weight excluding hydrogens is 408 g/mol. The Labute approximate surface area is 189 Å². The number of methoxy groups -OCH3 is 1. The predicted molar refractivity (Wildman–Crippen MR) is 124 cm³/mol. The van der Waals surface area contributed by atoms with Gasteiger partial charge >= 0.3 is 6.03 Å². The highest BCUT2D eigenvalue weighted by Gasteiger charge is 2.21. The van der Waals surface area contributed by atoms with Crippen molar-refractivity contribution in [1.82, 2.24) is 15.5 Å². The Morgan fingerprint density at radius 2 is 1.88 bits per heavy atom. The van der Waals surface area contributed by atoms with Crippen LogP contribution in [0.2, 0.25) is 0 Å². The Morgan fingerprint density at radius 1 is 1.09 bits per heavy atom. The van der Waals surface area contributed by atoms with Crippen LogP contribution >= 0.6 is 0 Å². The van der Waals surface area contributed by atoms with Gasteiger partial charge in [0.05, 0.1) is 20.3 Å². The highest BCUT2D eigenvalue weighted by atomic mass is 16.5. The van der Waals surface area contributed by atoms with Gasteiger partial charge in [0.2, 0.25) is 5.91 Å². The van der Waals surface area contributed by atoms with Gasteiger partial charge in [0.25, 0.3) is 0 Å². The van der Waals surface area contributed by atoms with E-state index in [4.69, 9.17) is 9.47 Å². The van der Waals surface area contributed by atoms with Crippen LogP contribution in [-0.2, 0) is 16.0 Å². The van der Waals surface area contributed by atoms with Crippen molar-refractivity contribution in [2.24, 2.45) is 0 Å². The Bertz CT molecular complexity index is 856. The number of urea groups is 1. The summed E-state index contributed by atoms with van der Waals surface area (Å²) in [6.45, 7) is 4.85. The molecule has 1 atom stereocenters. The normalized spacial score (nSPS) is 14.9. The summed E-state index contributed by atoms with van der Waals surface area (Å²) < 4.78 is 10.5. The molecule has 1 aliphatic rings.